The van der Waals surface area contributed by atoms with Gasteiger partial charge in [-0.1, -0.05) is 29.8 Å². The van der Waals surface area contributed by atoms with Crippen molar-refractivity contribution in [2.24, 2.45) is 10.7 Å². The molecule has 0 spiro atoms. The van der Waals surface area contributed by atoms with Gasteiger partial charge in [0.1, 0.15) is 5.75 Å². The van der Waals surface area contributed by atoms with E-state index in [2.05, 4.69) is 41.5 Å². The number of nitrogens with one attached hydrogen (secondary N) is 1. The third-order valence-electron chi connectivity index (χ3n) is 3.26. The zero-order chi connectivity index (χ0) is 16.7. The van der Waals surface area contributed by atoms with Crippen LogP contribution in [0.25, 0.3) is 0 Å². The fraction of sp³-hybridized carbons (Fsp3) is 0.316. The van der Waals surface area contributed by atoms with E-state index in [4.69, 9.17) is 10.5 Å². The van der Waals surface area contributed by atoms with Gasteiger partial charge in [0.15, 0.2) is 5.96 Å². The molecule has 2 aromatic carbocycles. The lowest BCUT2D eigenvalue weighted by Crippen LogP contribution is -2.23. The van der Waals surface area contributed by atoms with Gasteiger partial charge in [-0.2, -0.15) is 0 Å². The van der Waals surface area contributed by atoms with E-state index in [1.807, 2.05) is 38.1 Å². The molecule has 0 aliphatic carbocycles. The average molecular weight is 311 g/mol. The third-order valence-corrected chi connectivity index (χ3v) is 3.26. The lowest BCUT2D eigenvalue weighted by Gasteiger charge is -2.11. The first-order valence-corrected chi connectivity index (χ1v) is 7.92. The molecule has 0 aliphatic heterocycles. The lowest BCUT2D eigenvalue weighted by atomic mass is 10.1. The fourth-order valence-electron chi connectivity index (χ4n) is 2.25. The molecule has 0 aliphatic rings. The van der Waals surface area contributed by atoms with Crippen LogP contribution in [0.15, 0.2) is 53.5 Å². The summed E-state index contributed by atoms with van der Waals surface area (Å²) in [6.07, 6.45) is 1.05. The van der Waals surface area contributed by atoms with Gasteiger partial charge in [0.2, 0.25) is 0 Å². The molecule has 0 heterocycles. The number of guanidine groups is 1. The molecular formula is C19H25N3O. The van der Waals surface area contributed by atoms with Gasteiger partial charge < -0.3 is 15.8 Å². The Kier molecular flexibility index (Phi) is 6.03. The third kappa shape index (κ3) is 6.02. The van der Waals surface area contributed by atoms with Gasteiger partial charge in [-0.05, 0) is 57.0 Å². The normalized spacial score (nSPS) is 11.6. The Balaban J connectivity index is 1.84. The summed E-state index contributed by atoms with van der Waals surface area (Å²) >= 11 is 0. The van der Waals surface area contributed by atoms with Crippen LogP contribution in [0.5, 0.6) is 5.75 Å². The molecule has 0 saturated heterocycles. The molecular weight excluding hydrogens is 286 g/mol. The van der Waals surface area contributed by atoms with Crippen LogP contribution in [0.1, 0.15) is 25.0 Å². The summed E-state index contributed by atoms with van der Waals surface area (Å²) in [5.41, 5.74) is 9.37. The minimum absolute atomic E-state index is 0.169. The highest BCUT2D eigenvalue weighted by molar-refractivity contribution is 5.92. The Morgan fingerprint density at radius 2 is 1.91 bits per heavy atom. The quantitative estimate of drug-likeness (QED) is 0.631. The molecule has 4 heteroatoms. The van der Waals surface area contributed by atoms with Crippen LogP contribution >= 0.6 is 0 Å². The summed E-state index contributed by atoms with van der Waals surface area (Å²) in [5, 5.41) is 3.09. The standard InChI is InChI=1S/C19H25N3O/c1-14(2)23-18-9-7-17(8-10-18)22-19(20)21-12-11-16-6-4-5-15(3)13-16/h4-10,13-14H,11-12H2,1-3H3,(H3,20,21,22). The Bertz CT molecular complexity index is 648. The summed E-state index contributed by atoms with van der Waals surface area (Å²) < 4.78 is 5.61. The minimum Gasteiger partial charge on any atom is -0.491 e. The number of anilines is 1. The first-order valence-electron chi connectivity index (χ1n) is 7.92. The first kappa shape index (κ1) is 16.9. The summed E-state index contributed by atoms with van der Waals surface area (Å²) in [4.78, 5) is 4.37. The number of aliphatic imine (C=N–C) groups is 1. The van der Waals surface area contributed by atoms with E-state index >= 15 is 0 Å². The topological polar surface area (TPSA) is 59.6 Å². The molecule has 0 aromatic heterocycles. The van der Waals surface area contributed by atoms with Crippen molar-refractivity contribution < 1.29 is 4.74 Å². The van der Waals surface area contributed by atoms with E-state index in [0.29, 0.717) is 12.5 Å². The van der Waals surface area contributed by atoms with Crippen molar-refractivity contribution in [3.05, 3.63) is 59.7 Å². The van der Waals surface area contributed by atoms with Gasteiger partial charge in [-0.3, -0.25) is 4.99 Å². The van der Waals surface area contributed by atoms with Crippen LogP contribution in [-0.4, -0.2) is 18.6 Å². The zero-order valence-corrected chi connectivity index (χ0v) is 14.0. The molecule has 0 radical (unpaired) electrons. The molecule has 0 fully saturated rings. The minimum atomic E-state index is 0.169. The van der Waals surface area contributed by atoms with Crippen molar-refractivity contribution >= 4 is 11.6 Å². The number of aryl methyl sites for hydroxylation is 1. The number of hydrogen-bond donors (Lipinski definition) is 2. The average Bonchev–Trinajstić information content (AvgIpc) is 2.49. The second-order valence-electron chi connectivity index (χ2n) is 5.82. The van der Waals surface area contributed by atoms with Gasteiger partial charge >= 0.3 is 0 Å². The van der Waals surface area contributed by atoms with Crippen molar-refractivity contribution in [2.75, 3.05) is 11.9 Å². The number of nitrogens with zero attached hydrogens (tertiary/aromatic N) is 1. The van der Waals surface area contributed by atoms with E-state index in [0.717, 1.165) is 17.9 Å². The Hall–Kier alpha value is -2.49. The number of hydrogen-bond acceptors (Lipinski definition) is 2. The predicted molar refractivity (Wildman–Crippen MR) is 97.2 cm³/mol. The first-order chi connectivity index (χ1) is 11.0. The van der Waals surface area contributed by atoms with Crippen molar-refractivity contribution in [1.82, 2.24) is 0 Å². The van der Waals surface area contributed by atoms with Gasteiger partial charge in [-0.25, -0.2) is 0 Å². The number of rotatable bonds is 6. The van der Waals surface area contributed by atoms with Gasteiger partial charge in [0.05, 0.1) is 6.10 Å². The van der Waals surface area contributed by atoms with Crippen molar-refractivity contribution in [3.8, 4) is 5.75 Å². The van der Waals surface area contributed by atoms with E-state index in [1.54, 1.807) is 0 Å². The van der Waals surface area contributed by atoms with Gasteiger partial charge in [0, 0.05) is 12.2 Å². The molecule has 0 bridgehead atoms. The maximum Gasteiger partial charge on any atom is 0.193 e. The Labute approximate surface area is 138 Å². The summed E-state index contributed by atoms with van der Waals surface area (Å²) in [7, 11) is 0. The highest BCUT2D eigenvalue weighted by atomic mass is 16.5. The number of nitrogens with two attached hydrogens (primary N) is 1. The van der Waals surface area contributed by atoms with Crippen LogP contribution in [0.3, 0.4) is 0 Å². The van der Waals surface area contributed by atoms with Crippen molar-refractivity contribution in [3.63, 3.8) is 0 Å². The molecule has 2 aromatic rings. The van der Waals surface area contributed by atoms with Crippen molar-refractivity contribution in [1.29, 1.82) is 0 Å². The SMILES string of the molecule is Cc1cccc(CCN=C(N)Nc2ccc(OC(C)C)cc2)c1. The van der Waals surface area contributed by atoms with E-state index in [9.17, 15) is 0 Å². The molecule has 4 nitrogen and oxygen atoms in total. The van der Waals surface area contributed by atoms with Crippen LogP contribution < -0.4 is 15.8 Å². The van der Waals surface area contributed by atoms with Gasteiger partial charge in [-0.15, -0.1) is 0 Å². The summed E-state index contributed by atoms with van der Waals surface area (Å²) in [6, 6.07) is 16.1. The summed E-state index contributed by atoms with van der Waals surface area (Å²) in [5.74, 6) is 1.27. The van der Waals surface area contributed by atoms with E-state index in [1.165, 1.54) is 11.1 Å². The molecule has 0 amide bonds. The second-order valence-corrected chi connectivity index (χ2v) is 5.82. The van der Waals surface area contributed by atoms with Crippen LogP contribution in [-0.2, 0) is 6.42 Å². The molecule has 23 heavy (non-hydrogen) atoms. The maximum absolute atomic E-state index is 5.93. The van der Waals surface area contributed by atoms with Crippen molar-refractivity contribution in [2.45, 2.75) is 33.3 Å². The Morgan fingerprint density at radius 3 is 2.57 bits per heavy atom. The molecule has 122 valence electrons. The maximum atomic E-state index is 5.93. The van der Waals surface area contributed by atoms with Crippen LogP contribution in [0, 0.1) is 6.92 Å². The molecule has 0 unspecified atom stereocenters. The fourth-order valence-corrected chi connectivity index (χ4v) is 2.25. The van der Waals surface area contributed by atoms with Gasteiger partial charge in [0.25, 0.3) is 0 Å². The largest absolute Gasteiger partial charge is 0.491 e. The number of ether oxygens (including phenoxy) is 1. The van der Waals surface area contributed by atoms with Crippen LogP contribution in [0.2, 0.25) is 0 Å². The monoisotopic (exact) mass is 311 g/mol. The molecule has 0 atom stereocenters. The van der Waals surface area contributed by atoms with E-state index < -0.39 is 0 Å². The molecule has 3 N–H and O–H groups in total. The predicted octanol–water partition coefficient (Wildman–Crippen LogP) is 3.75. The smallest absolute Gasteiger partial charge is 0.193 e. The highest BCUT2D eigenvalue weighted by Gasteiger charge is 1.99. The zero-order valence-electron chi connectivity index (χ0n) is 14.0. The van der Waals surface area contributed by atoms with E-state index in [-0.39, 0.29) is 6.10 Å². The molecule has 2 rings (SSSR count). The molecule has 0 saturated carbocycles. The summed E-state index contributed by atoms with van der Waals surface area (Å²) in [6.45, 7) is 6.77. The Morgan fingerprint density at radius 1 is 1.17 bits per heavy atom. The second kappa shape index (κ2) is 8.22. The lowest BCUT2D eigenvalue weighted by molar-refractivity contribution is 0.242. The van der Waals surface area contributed by atoms with Crippen LogP contribution in [0.4, 0.5) is 5.69 Å². The number of benzene rings is 2. The highest BCUT2D eigenvalue weighted by Crippen LogP contribution is 2.16.